The topological polar surface area (TPSA) is 77.0 Å². The number of alkyl halides is 3. The van der Waals surface area contributed by atoms with Crippen molar-refractivity contribution in [1.82, 2.24) is 19.7 Å². The fraction of sp³-hybridized carbons (Fsp3) is 0.533. The van der Waals surface area contributed by atoms with Gasteiger partial charge in [-0.05, 0) is 25.8 Å². The Morgan fingerprint density at radius 2 is 2.04 bits per heavy atom. The van der Waals surface area contributed by atoms with Crippen molar-refractivity contribution in [2.24, 2.45) is 0 Å². The fourth-order valence-corrected chi connectivity index (χ4v) is 3.78. The summed E-state index contributed by atoms with van der Waals surface area (Å²) in [6.07, 6.45) is -2.97. The smallest absolute Gasteiger partial charge is 0.383 e. The van der Waals surface area contributed by atoms with Gasteiger partial charge < -0.3 is 10.6 Å². The third kappa shape index (κ3) is 4.47. The maximum absolute atomic E-state index is 12.7. The lowest BCUT2D eigenvalue weighted by Gasteiger charge is -2.31. The average molecular weight is 410 g/mol. The Balaban J connectivity index is 0.00000243. The second kappa shape index (κ2) is 7.83. The van der Waals surface area contributed by atoms with Gasteiger partial charge in [-0.3, -0.25) is 9.48 Å². The second-order valence-corrected chi connectivity index (χ2v) is 6.98. The monoisotopic (exact) mass is 409 g/mol. The minimum absolute atomic E-state index is 0. The molecule has 0 aromatic carbocycles. The highest BCUT2D eigenvalue weighted by Gasteiger charge is 2.35. The maximum Gasteiger partial charge on any atom is 0.435 e. The number of aromatic nitrogens is 3. The highest BCUT2D eigenvalue weighted by molar-refractivity contribution is 7.10. The second-order valence-electron chi connectivity index (χ2n) is 6.09. The van der Waals surface area contributed by atoms with E-state index in [1.54, 1.807) is 10.3 Å². The Kier molecular flexibility index (Phi) is 6.17. The van der Waals surface area contributed by atoms with Gasteiger partial charge in [-0.1, -0.05) is 0 Å². The van der Waals surface area contributed by atoms with E-state index in [-0.39, 0.29) is 30.8 Å². The van der Waals surface area contributed by atoms with E-state index in [0.29, 0.717) is 24.6 Å². The number of amides is 1. The molecule has 2 N–H and O–H groups in total. The van der Waals surface area contributed by atoms with Crippen molar-refractivity contribution < 1.29 is 18.0 Å². The summed E-state index contributed by atoms with van der Waals surface area (Å²) in [7, 11) is 0. The van der Waals surface area contributed by atoms with Gasteiger partial charge in [-0.15, -0.1) is 23.7 Å². The van der Waals surface area contributed by atoms with Crippen LogP contribution >= 0.6 is 23.7 Å². The number of likely N-dealkylation sites (tertiary alicyclic amines) is 1. The van der Waals surface area contributed by atoms with Gasteiger partial charge in [0.1, 0.15) is 12.4 Å². The molecule has 0 radical (unpaired) electrons. The van der Waals surface area contributed by atoms with E-state index in [1.807, 2.05) is 0 Å². The van der Waals surface area contributed by atoms with Crippen molar-refractivity contribution in [2.75, 3.05) is 18.8 Å². The van der Waals surface area contributed by atoms with E-state index in [9.17, 15) is 18.0 Å². The number of carbonyl (C=O) groups excluding carboxylic acids is 1. The lowest BCUT2D eigenvalue weighted by Crippen LogP contribution is -2.40. The van der Waals surface area contributed by atoms with E-state index in [2.05, 4.69) is 10.1 Å². The minimum Gasteiger partial charge on any atom is -0.383 e. The van der Waals surface area contributed by atoms with Crippen LogP contribution in [-0.4, -0.2) is 38.7 Å². The number of nitrogens with two attached hydrogens (primary N) is 1. The lowest BCUT2D eigenvalue weighted by molar-refractivity contribution is -0.142. The third-order valence-electron chi connectivity index (χ3n) is 4.29. The van der Waals surface area contributed by atoms with Crippen LogP contribution < -0.4 is 5.73 Å². The molecule has 0 unspecified atom stereocenters. The molecular formula is C15H19ClF3N5OS. The van der Waals surface area contributed by atoms with Crippen molar-refractivity contribution in [2.45, 2.75) is 38.4 Å². The number of nitrogen functional groups attached to an aromatic ring is 1. The predicted octanol–water partition coefficient (Wildman–Crippen LogP) is 3.08. The molecule has 3 heterocycles. The first-order valence-electron chi connectivity index (χ1n) is 7.84. The Morgan fingerprint density at radius 3 is 2.54 bits per heavy atom. The Labute approximate surface area is 158 Å². The van der Waals surface area contributed by atoms with Crippen LogP contribution in [0.2, 0.25) is 0 Å². The first-order chi connectivity index (χ1) is 11.7. The molecule has 11 heteroatoms. The van der Waals surface area contributed by atoms with Gasteiger partial charge in [-0.25, -0.2) is 4.98 Å². The minimum atomic E-state index is -4.51. The van der Waals surface area contributed by atoms with Crippen molar-refractivity contribution >= 4 is 35.5 Å². The summed E-state index contributed by atoms with van der Waals surface area (Å²) >= 11 is 1.52. The van der Waals surface area contributed by atoms with Crippen molar-refractivity contribution in [3.05, 3.63) is 27.8 Å². The molecule has 1 saturated heterocycles. The van der Waals surface area contributed by atoms with E-state index < -0.39 is 11.9 Å². The Morgan fingerprint density at radius 1 is 1.38 bits per heavy atom. The van der Waals surface area contributed by atoms with Gasteiger partial charge in [0, 0.05) is 30.1 Å². The molecule has 0 aliphatic carbocycles. The summed E-state index contributed by atoms with van der Waals surface area (Å²) < 4.78 is 39.2. The third-order valence-corrected chi connectivity index (χ3v) is 5.32. The molecule has 1 amide bonds. The number of piperidine rings is 1. The number of hydrogen-bond acceptors (Lipinski definition) is 5. The lowest BCUT2D eigenvalue weighted by atomic mass is 9.97. The molecule has 0 saturated carbocycles. The molecule has 2 aromatic heterocycles. The van der Waals surface area contributed by atoms with Crippen LogP contribution in [0.5, 0.6) is 0 Å². The highest BCUT2D eigenvalue weighted by atomic mass is 35.5. The van der Waals surface area contributed by atoms with Gasteiger partial charge in [0.05, 0.1) is 5.01 Å². The molecule has 0 spiro atoms. The number of aryl methyl sites for hydroxylation is 1. The summed E-state index contributed by atoms with van der Waals surface area (Å²) in [4.78, 5) is 18.3. The molecule has 0 atom stereocenters. The van der Waals surface area contributed by atoms with Gasteiger partial charge >= 0.3 is 6.18 Å². The Hall–Kier alpha value is -1.81. The number of anilines is 1. The van der Waals surface area contributed by atoms with Gasteiger partial charge in [0.25, 0.3) is 0 Å². The number of hydrogen-bond donors (Lipinski definition) is 1. The summed E-state index contributed by atoms with van der Waals surface area (Å²) in [5, 5.41) is 6.27. The first-order valence-corrected chi connectivity index (χ1v) is 8.72. The summed E-state index contributed by atoms with van der Waals surface area (Å²) in [5.41, 5.74) is 4.98. The number of nitrogens with zero attached hydrogens (tertiary/aromatic N) is 4. The van der Waals surface area contributed by atoms with E-state index in [0.717, 1.165) is 28.6 Å². The zero-order valence-electron chi connectivity index (χ0n) is 14.0. The van der Waals surface area contributed by atoms with Crippen LogP contribution in [0, 0.1) is 6.92 Å². The van der Waals surface area contributed by atoms with Gasteiger partial charge in [0.15, 0.2) is 5.69 Å². The summed E-state index contributed by atoms with van der Waals surface area (Å²) in [6.45, 7) is 2.43. The standard InChI is InChI=1S/C15H18F3N5OS.ClH/c1-9-6-11(15(16,17)18)21-23(9)7-13(24)22-4-2-10(3-5-22)14-20-12(19)8-25-14;/h6,8,10H,2-5,7,19H2,1H3;1H. The van der Waals surface area contributed by atoms with Crippen molar-refractivity contribution in [3.63, 3.8) is 0 Å². The molecule has 6 nitrogen and oxygen atoms in total. The summed E-state index contributed by atoms with van der Waals surface area (Å²) in [6, 6.07) is 0.951. The van der Waals surface area contributed by atoms with Crippen LogP contribution in [-0.2, 0) is 17.5 Å². The zero-order chi connectivity index (χ0) is 18.2. The zero-order valence-corrected chi connectivity index (χ0v) is 15.6. The van der Waals surface area contributed by atoms with Crippen LogP contribution in [0.15, 0.2) is 11.4 Å². The average Bonchev–Trinajstić information content (AvgIpc) is 3.14. The number of thiazole rings is 1. The maximum atomic E-state index is 12.7. The van der Waals surface area contributed by atoms with E-state index in [1.165, 1.54) is 18.3 Å². The first kappa shape index (κ1) is 20.5. The number of halogens is 4. The molecule has 3 rings (SSSR count). The van der Waals surface area contributed by atoms with Crippen molar-refractivity contribution in [3.8, 4) is 0 Å². The van der Waals surface area contributed by atoms with Crippen molar-refractivity contribution in [1.29, 1.82) is 0 Å². The highest BCUT2D eigenvalue weighted by Crippen LogP contribution is 2.31. The normalized spacial score (nSPS) is 15.8. The van der Waals surface area contributed by atoms with Gasteiger partial charge in [0.2, 0.25) is 5.91 Å². The molecule has 2 aromatic rings. The fourth-order valence-electron chi connectivity index (χ4n) is 2.90. The molecule has 1 aliphatic rings. The molecule has 1 aliphatic heterocycles. The van der Waals surface area contributed by atoms with E-state index in [4.69, 9.17) is 5.73 Å². The van der Waals surface area contributed by atoms with Crippen LogP contribution in [0.1, 0.15) is 35.2 Å². The molecule has 1 fully saturated rings. The number of carbonyl (C=O) groups is 1. The quantitative estimate of drug-likeness (QED) is 0.845. The van der Waals surface area contributed by atoms with Crippen LogP contribution in [0.4, 0.5) is 19.0 Å². The molecular weight excluding hydrogens is 391 g/mol. The largest absolute Gasteiger partial charge is 0.435 e. The predicted molar refractivity (Wildman–Crippen MR) is 94.3 cm³/mol. The molecule has 144 valence electrons. The Bertz CT molecular complexity index is 768. The molecule has 0 bridgehead atoms. The molecule has 26 heavy (non-hydrogen) atoms. The summed E-state index contributed by atoms with van der Waals surface area (Å²) in [5.74, 6) is 0.555. The van der Waals surface area contributed by atoms with Crippen LogP contribution in [0.25, 0.3) is 0 Å². The van der Waals surface area contributed by atoms with Crippen LogP contribution in [0.3, 0.4) is 0 Å². The van der Waals surface area contributed by atoms with Gasteiger partial charge in [-0.2, -0.15) is 18.3 Å². The number of rotatable bonds is 3. The SMILES string of the molecule is Cc1cc(C(F)(F)F)nn1CC(=O)N1CCC(c2nc(N)cs2)CC1.Cl. The van der Waals surface area contributed by atoms with E-state index >= 15 is 0 Å².